The minimum Gasteiger partial charge on any atom is -0.325 e. The Kier molecular flexibility index (Phi) is 4.04. The molecule has 26 heavy (non-hydrogen) atoms. The lowest BCUT2D eigenvalue weighted by molar-refractivity contribution is -0.115. The maximum atomic E-state index is 12.5. The molecule has 0 unspecified atom stereocenters. The standard InChI is InChI=1S/C21H19NO3S/c1-26(24,25)17-10-5-14(6-11-17)13-20(23)22-19-12-9-16-8-7-15-3-2-4-18(19)21(15)16/h2-6,9-12H,7-8,13H2,1H3,(H,22,23). The van der Waals surface area contributed by atoms with Crippen LogP contribution in [0.2, 0.25) is 0 Å². The van der Waals surface area contributed by atoms with E-state index in [0.29, 0.717) is 0 Å². The highest BCUT2D eigenvalue weighted by Crippen LogP contribution is 2.35. The molecule has 132 valence electrons. The molecule has 0 radical (unpaired) electrons. The van der Waals surface area contributed by atoms with Crippen molar-refractivity contribution < 1.29 is 13.2 Å². The monoisotopic (exact) mass is 365 g/mol. The highest BCUT2D eigenvalue weighted by Gasteiger charge is 2.16. The van der Waals surface area contributed by atoms with E-state index >= 15 is 0 Å². The number of hydrogen-bond acceptors (Lipinski definition) is 3. The Hall–Kier alpha value is -2.66. The smallest absolute Gasteiger partial charge is 0.228 e. The van der Waals surface area contributed by atoms with Crippen LogP contribution in [-0.4, -0.2) is 20.6 Å². The molecule has 3 aromatic carbocycles. The predicted molar refractivity (Wildman–Crippen MR) is 103 cm³/mol. The van der Waals surface area contributed by atoms with E-state index in [1.165, 1.54) is 34.9 Å². The van der Waals surface area contributed by atoms with Crippen molar-refractivity contribution >= 4 is 32.2 Å². The quantitative estimate of drug-likeness (QED) is 0.769. The van der Waals surface area contributed by atoms with Crippen LogP contribution in [-0.2, 0) is 33.9 Å². The van der Waals surface area contributed by atoms with Crippen molar-refractivity contribution in [2.45, 2.75) is 24.2 Å². The van der Waals surface area contributed by atoms with Crippen molar-refractivity contribution in [1.29, 1.82) is 0 Å². The van der Waals surface area contributed by atoms with Crippen molar-refractivity contribution in [2.24, 2.45) is 0 Å². The van der Waals surface area contributed by atoms with Gasteiger partial charge in [-0.05, 0) is 53.1 Å². The van der Waals surface area contributed by atoms with Crippen LogP contribution < -0.4 is 5.32 Å². The van der Waals surface area contributed by atoms with Crippen LogP contribution >= 0.6 is 0 Å². The van der Waals surface area contributed by atoms with Gasteiger partial charge in [-0.2, -0.15) is 0 Å². The molecule has 0 saturated heterocycles. The summed E-state index contributed by atoms with van der Waals surface area (Å²) in [6.07, 6.45) is 3.48. The number of anilines is 1. The van der Waals surface area contributed by atoms with Gasteiger partial charge in [-0.1, -0.05) is 36.4 Å². The van der Waals surface area contributed by atoms with E-state index in [1.54, 1.807) is 12.1 Å². The van der Waals surface area contributed by atoms with Crippen LogP contribution in [0, 0.1) is 0 Å². The fourth-order valence-corrected chi connectivity index (χ4v) is 4.22. The first kappa shape index (κ1) is 16.8. The number of hydrogen-bond donors (Lipinski definition) is 1. The van der Waals surface area contributed by atoms with Crippen LogP contribution in [0.4, 0.5) is 5.69 Å². The Labute approximate surface area is 152 Å². The van der Waals surface area contributed by atoms with Gasteiger partial charge in [0.2, 0.25) is 5.91 Å². The average molecular weight is 365 g/mol. The second kappa shape index (κ2) is 6.25. The molecule has 0 heterocycles. The molecule has 1 aliphatic rings. The summed E-state index contributed by atoms with van der Waals surface area (Å²) in [5, 5.41) is 5.35. The van der Waals surface area contributed by atoms with Gasteiger partial charge in [-0.3, -0.25) is 4.79 Å². The summed E-state index contributed by atoms with van der Waals surface area (Å²) in [5.41, 5.74) is 4.28. The summed E-state index contributed by atoms with van der Waals surface area (Å²) in [7, 11) is -3.22. The number of sulfone groups is 1. The van der Waals surface area contributed by atoms with Gasteiger partial charge in [0.15, 0.2) is 9.84 Å². The topological polar surface area (TPSA) is 63.2 Å². The van der Waals surface area contributed by atoms with Gasteiger partial charge in [-0.25, -0.2) is 8.42 Å². The largest absolute Gasteiger partial charge is 0.325 e. The molecular weight excluding hydrogens is 346 g/mol. The first-order valence-corrected chi connectivity index (χ1v) is 10.4. The number of carbonyl (C=O) groups excluding carboxylic acids is 1. The molecule has 4 nitrogen and oxygen atoms in total. The molecular formula is C21H19NO3S. The summed E-state index contributed by atoms with van der Waals surface area (Å²) in [4.78, 5) is 12.7. The van der Waals surface area contributed by atoms with E-state index < -0.39 is 9.84 Å². The zero-order chi connectivity index (χ0) is 18.3. The second-order valence-electron chi connectivity index (χ2n) is 6.75. The highest BCUT2D eigenvalue weighted by atomic mass is 32.2. The van der Waals surface area contributed by atoms with Gasteiger partial charge in [-0.15, -0.1) is 0 Å². The number of carbonyl (C=O) groups is 1. The van der Waals surface area contributed by atoms with Crippen molar-refractivity contribution in [3.05, 3.63) is 71.3 Å². The van der Waals surface area contributed by atoms with Crippen molar-refractivity contribution in [1.82, 2.24) is 0 Å². The highest BCUT2D eigenvalue weighted by molar-refractivity contribution is 7.90. The molecule has 1 amide bonds. The Bertz CT molecular complexity index is 1110. The molecule has 4 rings (SSSR count). The molecule has 0 bridgehead atoms. The third-order valence-electron chi connectivity index (χ3n) is 4.87. The lowest BCUT2D eigenvalue weighted by atomic mass is 10.0. The number of amides is 1. The van der Waals surface area contributed by atoms with Gasteiger partial charge >= 0.3 is 0 Å². The minimum absolute atomic E-state index is 0.115. The summed E-state index contributed by atoms with van der Waals surface area (Å²) < 4.78 is 23.0. The van der Waals surface area contributed by atoms with Gasteiger partial charge < -0.3 is 5.32 Å². The second-order valence-corrected chi connectivity index (χ2v) is 8.77. The molecule has 0 saturated carbocycles. The van der Waals surface area contributed by atoms with Crippen molar-refractivity contribution in [3.63, 3.8) is 0 Å². The third-order valence-corrected chi connectivity index (χ3v) is 6.00. The van der Waals surface area contributed by atoms with E-state index in [4.69, 9.17) is 0 Å². The van der Waals surface area contributed by atoms with Crippen LogP contribution in [0.5, 0.6) is 0 Å². The molecule has 3 aromatic rings. The van der Waals surface area contributed by atoms with Crippen LogP contribution in [0.3, 0.4) is 0 Å². The van der Waals surface area contributed by atoms with E-state index in [1.807, 2.05) is 18.2 Å². The van der Waals surface area contributed by atoms with Gasteiger partial charge in [0.1, 0.15) is 0 Å². The fourth-order valence-electron chi connectivity index (χ4n) is 3.59. The van der Waals surface area contributed by atoms with Gasteiger partial charge in [0, 0.05) is 17.3 Å². The number of nitrogens with one attached hydrogen (secondary N) is 1. The average Bonchev–Trinajstić information content (AvgIpc) is 3.02. The molecule has 0 aliphatic heterocycles. The summed E-state index contributed by atoms with van der Waals surface area (Å²) >= 11 is 0. The normalized spacial score (nSPS) is 13.1. The summed E-state index contributed by atoms with van der Waals surface area (Å²) in [6.45, 7) is 0. The van der Waals surface area contributed by atoms with Crippen LogP contribution in [0.1, 0.15) is 16.7 Å². The molecule has 1 aliphatic carbocycles. The first-order chi connectivity index (χ1) is 12.4. The zero-order valence-electron chi connectivity index (χ0n) is 14.5. The Morgan fingerprint density at radius 2 is 1.65 bits per heavy atom. The molecule has 0 aromatic heterocycles. The third kappa shape index (κ3) is 3.10. The van der Waals surface area contributed by atoms with E-state index in [-0.39, 0.29) is 17.2 Å². The van der Waals surface area contributed by atoms with Crippen molar-refractivity contribution in [3.8, 4) is 0 Å². The maximum Gasteiger partial charge on any atom is 0.228 e. The Balaban J connectivity index is 1.55. The molecule has 0 fully saturated rings. The molecule has 1 N–H and O–H groups in total. The van der Waals surface area contributed by atoms with Gasteiger partial charge in [0.05, 0.1) is 11.3 Å². The summed E-state index contributed by atoms with van der Waals surface area (Å²) in [6, 6.07) is 16.7. The maximum absolute atomic E-state index is 12.5. The SMILES string of the molecule is CS(=O)(=O)c1ccc(CC(=O)Nc2ccc3c4c(cccc24)CC3)cc1. The molecule has 0 spiro atoms. The zero-order valence-corrected chi connectivity index (χ0v) is 15.3. The van der Waals surface area contributed by atoms with Gasteiger partial charge in [0.25, 0.3) is 0 Å². The Morgan fingerprint density at radius 3 is 2.35 bits per heavy atom. The van der Waals surface area contributed by atoms with E-state index in [9.17, 15) is 13.2 Å². The number of rotatable bonds is 4. The predicted octanol–water partition coefficient (Wildman–Crippen LogP) is 3.52. The lowest BCUT2D eigenvalue weighted by Crippen LogP contribution is -2.14. The lowest BCUT2D eigenvalue weighted by Gasteiger charge is -2.11. The Morgan fingerprint density at radius 1 is 0.962 bits per heavy atom. The molecule has 5 heteroatoms. The first-order valence-electron chi connectivity index (χ1n) is 8.54. The van der Waals surface area contributed by atoms with Crippen molar-refractivity contribution in [2.75, 3.05) is 11.6 Å². The van der Waals surface area contributed by atoms with E-state index in [2.05, 4.69) is 17.4 Å². The minimum atomic E-state index is -3.22. The van der Waals surface area contributed by atoms with Crippen LogP contribution in [0.25, 0.3) is 10.8 Å². The number of benzene rings is 3. The van der Waals surface area contributed by atoms with Crippen LogP contribution in [0.15, 0.2) is 59.5 Å². The summed E-state index contributed by atoms with van der Waals surface area (Å²) in [5.74, 6) is -0.115. The molecule has 0 atom stereocenters. The van der Waals surface area contributed by atoms with E-state index in [0.717, 1.165) is 29.5 Å². The number of aryl methyl sites for hydroxylation is 2. The fraction of sp³-hybridized carbons (Fsp3) is 0.190.